The van der Waals surface area contributed by atoms with Crippen LogP contribution in [0.25, 0.3) is 0 Å². The van der Waals surface area contributed by atoms with E-state index in [2.05, 4.69) is 26.1 Å². The fraction of sp³-hybridized carbons (Fsp3) is 1.00. The molecule has 2 N–H and O–H groups in total. The first kappa shape index (κ1) is 9.01. The third-order valence-electron chi connectivity index (χ3n) is 2.37. The summed E-state index contributed by atoms with van der Waals surface area (Å²) in [5.41, 5.74) is 0.0159. The number of nitrogens with one attached hydrogen (secondary N) is 1. The summed E-state index contributed by atoms with van der Waals surface area (Å²) in [4.78, 5) is 0. The molecule has 1 aliphatic rings. The van der Waals surface area contributed by atoms with E-state index in [1.54, 1.807) is 0 Å². The molecule has 0 aliphatic carbocycles. The Morgan fingerprint density at radius 1 is 1.45 bits per heavy atom. The van der Waals surface area contributed by atoms with Gasteiger partial charge in [0.25, 0.3) is 0 Å². The third-order valence-corrected chi connectivity index (χ3v) is 2.37. The van der Waals surface area contributed by atoms with Crippen molar-refractivity contribution >= 4 is 0 Å². The second-order valence-electron chi connectivity index (χ2n) is 4.51. The third kappa shape index (κ3) is 2.17. The van der Waals surface area contributed by atoms with Crippen LogP contribution in [-0.2, 0) is 0 Å². The second kappa shape index (κ2) is 3.11. The van der Waals surface area contributed by atoms with Crippen molar-refractivity contribution < 1.29 is 5.11 Å². The van der Waals surface area contributed by atoms with Crippen molar-refractivity contribution in [1.29, 1.82) is 0 Å². The van der Waals surface area contributed by atoms with Gasteiger partial charge in [-0.2, -0.15) is 0 Å². The maximum absolute atomic E-state index is 9.82. The summed E-state index contributed by atoms with van der Waals surface area (Å²) in [6, 6.07) is 0.329. The summed E-state index contributed by atoms with van der Waals surface area (Å²) < 4.78 is 0. The van der Waals surface area contributed by atoms with Crippen LogP contribution in [0.15, 0.2) is 0 Å². The summed E-state index contributed by atoms with van der Waals surface area (Å²) in [7, 11) is 0. The predicted octanol–water partition coefficient (Wildman–Crippen LogP) is 1.15. The Labute approximate surface area is 69.0 Å². The summed E-state index contributed by atoms with van der Waals surface area (Å²) >= 11 is 0. The van der Waals surface area contributed by atoms with Gasteiger partial charge >= 0.3 is 0 Å². The van der Waals surface area contributed by atoms with Gasteiger partial charge in [0.2, 0.25) is 0 Å². The molecular formula is C9H19NO. The summed E-state index contributed by atoms with van der Waals surface area (Å²) in [6.07, 6.45) is 2.13. The van der Waals surface area contributed by atoms with E-state index in [4.69, 9.17) is 0 Å². The van der Waals surface area contributed by atoms with Crippen LogP contribution in [0, 0.1) is 5.41 Å². The molecule has 0 radical (unpaired) electrons. The van der Waals surface area contributed by atoms with Crippen LogP contribution >= 0.6 is 0 Å². The minimum Gasteiger partial charge on any atom is -0.391 e. The molecule has 0 saturated carbocycles. The molecule has 0 aromatic carbocycles. The fourth-order valence-electron chi connectivity index (χ4n) is 1.58. The van der Waals surface area contributed by atoms with E-state index in [1.807, 2.05) is 0 Å². The van der Waals surface area contributed by atoms with Gasteiger partial charge in [0.15, 0.2) is 0 Å². The molecule has 1 saturated heterocycles. The molecule has 0 spiro atoms. The standard InChI is InChI=1S/C9H19NO/c1-9(2,3)8(11)7-5-4-6-10-7/h7-8,10-11H,4-6H2,1-3H3/t7-,8-/m1/s1. The molecule has 66 valence electrons. The highest BCUT2D eigenvalue weighted by atomic mass is 16.3. The molecule has 1 aliphatic heterocycles. The number of aliphatic hydroxyl groups excluding tert-OH is 1. The van der Waals surface area contributed by atoms with Crippen LogP contribution in [-0.4, -0.2) is 23.8 Å². The molecular weight excluding hydrogens is 138 g/mol. The first-order chi connectivity index (χ1) is 5.02. The minimum absolute atomic E-state index is 0.0159. The van der Waals surface area contributed by atoms with Crippen LogP contribution in [0.4, 0.5) is 0 Å². The highest BCUT2D eigenvalue weighted by Crippen LogP contribution is 2.25. The molecule has 0 aromatic rings. The Bertz CT molecular complexity index is 122. The Kier molecular flexibility index (Phi) is 2.55. The normalized spacial score (nSPS) is 28.9. The lowest BCUT2D eigenvalue weighted by Crippen LogP contribution is -2.43. The monoisotopic (exact) mass is 157 g/mol. The number of aliphatic hydroxyl groups is 1. The second-order valence-corrected chi connectivity index (χ2v) is 4.51. The van der Waals surface area contributed by atoms with Crippen molar-refractivity contribution in [2.24, 2.45) is 5.41 Å². The molecule has 0 unspecified atom stereocenters. The molecule has 0 aromatic heterocycles. The van der Waals surface area contributed by atoms with Crippen LogP contribution in [0.2, 0.25) is 0 Å². The molecule has 2 nitrogen and oxygen atoms in total. The predicted molar refractivity (Wildman–Crippen MR) is 46.5 cm³/mol. The van der Waals surface area contributed by atoms with Gasteiger partial charge in [-0.25, -0.2) is 0 Å². The van der Waals surface area contributed by atoms with Gasteiger partial charge < -0.3 is 10.4 Å². The van der Waals surface area contributed by atoms with Gasteiger partial charge in [0.1, 0.15) is 0 Å². The topological polar surface area (TPSA) is 32.3 Å². The Morgan fingerprint density at radius 2 is 2.09 bits per heavy atom. The van der Waals surface area contributed by atoms with Crippen molar-refractivity contribution in [1.82, 2.24) is 5.32 Å². The molecule has 1 heterocycles. The zero-order valence-electron chi connectivity index (χ0n) is 7.72. The number of hydrogen-bond donors (Lipinski definition) is 2. The smallest absolute Gasteiger partial charge is 0.0741 e. The van der Waals surface area contributed by atoms with E-state index in [9.17, 15) is 5.11 Å². The zero-order valence-corrected chi connectivity index (χ0v) is 7.72. The largest absolute Gasteiger partial charge is 0.391 e. The van der Waals surface area contributed by atoms with Crippen molar-refractivity contribution in [3.8, 4) is 0 Å². The van der Waals surface area contributed by atoms with Crippen LogP contribution in [0.5, 0.6) is 0 Å². The van der Waals surface area contributed by atoms with E-state index in [0.29, 0.717) is 6.04 Å². The van der Waals surface area contributed by atoms with Gasteiger partial charge in [-0.3, -0.25) is 0 Å². The summed E-state index contributed by atoms with van der Waals surface area (Å²) in [5.74, 6) is 0. The quantitative estimate of drug-likeness (QED) is 0.598. The van der Waals surface area contributed by atoms with Crippen LogP contribution < -0.4 is 5.32 Å². The van der Waals surface area contributed by atoms with E-state index >= 15 is 0 Å². The van der Waals surface area contributed by atoms with Crippen molar-refractivity contribution in [2.75, 3.05) is 6.54 Å². The van der Waals surface area contributed by atoms with Crippen LogP contribution in [0.3, 0.4) is 0 Å². The molecule has 11 heavy (non-hydrogen) atoms. The van der Waals surface area contributed by atoms with Gasteiger partial charge in [-0.1, -0.05) is 20.8 Å². The molecule has 2 atom stereocenters. The van der Waals surface area contributed by atoms with Crippen molar-refractivity contribution in [2.45, 2.75) is 45.8 Å². The first-order valence-electron chi connectivity index (χ1n) is 4.43. The Hall–Kier alpha value is -0.0800. The zero-order chi connectivity index (χ0) is 8.48. The fourth-order valence-corrected chi connectivity index (χ4v) is 1.58. The lowest BCUT2D eigenvalue weighted by Gasteiger charge is -2.30. The van der Waals surface area contributed by atoms with Gasteiger partial charge in [-0.05, 0) is 24.8 Å². The van der Waals surface area contributed by atoms with E-state index in [0.717, 1.165) is 13.0 Å². The van der Waals surface area contributed by atoms with Crippen molar-refractivity contribution in [3.63, 3.8) is 0 Å². The number of rotatable bonds is 1. The van der Waals surface area contributed by atoms with E-state index in [-0.39, 0.29) is 11.5 Å². The van der Waals surface area contributed by atoms with Crippen molar-refractivity contribution in [3.05, 3.63) is 0 Å². The maximum atomic E-state index is 9.82. The van der Waals surface area contributed by atoms with Crippen LogP contribution in [0.1, 0.15) is 33.6 Å². The average molecular weight is 157 g/mol. The minimum atomic E-state index is -0.204. The maximum Gasteiger partial charge on any atom is 0.0741 e. The highest BCUT2D eigenvalue weighted by Gasteiger charge is 2.31. The molecule has 0 amide bonds. The Morgan fingerprint density at radius 3 is 2.45 bits per heavy atom. The van der Waals surface area contributed by atoms with Gasteiger partial charge in [-0.15, -0.1) is 0 Å². The highest BCUT2D eigenvalue weighted by molar-refractivity contribution is 4.87. The first-order valence-corrected chi connectivity index (χ1v) is 4.43. The molecule has 2 heteroatoms. The number of hydrogen-bond acceptors (Lipinski definition) is 2. The summed E-state index contributed by atoms with van der Waals surface area (Å²) in [6.45, 7) is 7.31. The average Bonchev–Trinajstić information content (AvgIpc) is 2.34. The molecule has 0 bridgehead atoms. The lowest BCUT2D eigenvalue weighted by molar-refractivity contribution is 0.0347. The SMILES string of the molecule is CC(C)(C)[C@H](O)[C@H]1CCCN1. The van der Waals surface area contributed by atoms with Gasteiger partial charge in [0.05, 0.1) is 6.10 Å². The van der Waals surface area contributed by atoms with E-state index < -0.39 is 0 Å². The lowest BCUT2D eigenvalue weighted by atomic mass is 9.84. The van der Waals surface area contributed by atoms with E-state index in [1.165, 1.54) is 6.42 Å². The molecule has 1 fully saturated rings. The van der Waals surface area contributed by atoms with Gasteiger partial charge in [0, 0.05) is 6.04 Å². The summed E-state index contributed by atoms with van der Waals surface area (Å²) in [5, 5.41) is 13.1. The Balaban J connectivity index is 2.46. The molecule has 1 rings (SSSR count).